The lowest BCUT2D eigenvalue weighted by molar-refractivity contribution is 0.156. The zero-order valence-electron chi connectivity index (χ0n) is 14.3. The zero-order chi connectivity index (χ0) is 16.7. The number of hydrogen-bond acceptors (Lipinski definition) is 3. The van der Waals surface area contributed by atoms with Crippen molar-refractivity contribution in [2.45, 2.75) is 24.7 Å². The van der Waals surface area contributed by atoms with E-state index in [2.05, 4.69) is 17.1 Å². The molecule has 3 aliphatic rings. The minimum absolute atomic E-state index is 0.416. The Hall–Kier alpha value is -1.17. The van der Waals surface area contributed by atoms with Gasteiger partial charge in [-0.15, -0.1) is 0 Å². The van der Waals surface area contributed by atoms with Crippen molar-refractivity contribution in [3.8, 4) is 0 Å². The number of sulfonamides is 1. The van der Waals surface area contributed by atoms with Crippen LogP contribution >= 0.6 is 0 Å². The lowest BCUT2D eigenvalue weighted by atomic mass is 9.93. The van der Waals surface area contributed by atoms with E-state index in [1.165, 1.54) is 12.8 Å². The number of benzene rings is 1. The molecular formula is C19H26N2O2S. The lowest BCUT2D eigenvalue weighted by Crippen LogP contribution is -2.49. The van der Waals surface area contributed by atoms with Crippen molar-refractivity contribution in [1.82, 2.24) is 9.21 Å². The summed E-state index contributed by atoms with van der Waals surface area (Å²) in [4.78, 5) is 2.88. The minimum Gasteiger partial charge on any atom is -0.300 e. The SMILES string of the molecule is Cc1ccc(S(=O)(=O)N2CCN(C[C@H]3C[C@H]4C=C[C@H]3C4)CC2)cc1. The average molecular weight is 346 g/mol. The van der Waals surface area contributed by atoms with Crippen LogP contribution in [0.15, 0.2) is 41.3 Å². The van der Waals surface area contributed by atoms with Crippen LogP contribution < -0.4 is 0 Å². The van der Waals surface area contributed by atoms with Gasteiger partial charge in [0.05, 0.1) is 4.90 Å². The molecule has 1 aliphatic heterocycles. The molecule has 0 spiro atoms. The van der Waals surface area contributed by atoms with Gasteiger partial charge in [-0.05, 0) is 49.7 Å². The summed E-state index contributed by atoms with van der Waals surface area (Å²) in [6.07, 6.45) is 7.44. The van der Waals surface area contributed by atoms with Crippen LogP contribution in [0.2, 0.25) is 0 Å². The molecule has 24 heavy (non-hydrogen) atoms. The van der Waals surface area contributed by atoms with Gasteiger partial charge in [-0.3, -0.25) is 0 Å². The first-order valence-electron chi connectivity index (χ1n) is 9.00. The molecule has 4 rings (SSSR count). The normalized spacial score (nSPS) is 31.0. The average Bonchev–Trinajstić information content (AvgIpc) is 3.19. The van der Waals surface area contributed by atoms with E-state index in [4.69, 9.17) is 0 Å². The number of nitrogens with zero attached hydrogens (tertiary/aromatic N) is 2. The molecule has 130 valence electrons. The zero-order valence-corrected chi connectivity index (χ0v) is 15.1. The molecule has 0 radical (unpaired) electrons. The highest BCUT2D eigenvalue weighted by atomic mass is 32.2. The first kappa shape index (κ1) is 16.3. The summed E-state index contributed by atoms with van der Waals surface area (Å²) < 4.78 is 27.2. The predicted molar refractivity (Wildman–Crippen MR) is 95.2 cm³/mol. The first-order chi connectivity index (χ1) is 11.5. The Morgan fingerprint density at radius 2 is 1.71 bits per heavy atom. The van der Waals surface area contributed by atoms with Gasteiger partial charge in [0.25, 0.3) is 0 Å². The van der Waals surface area contributed by atoms with Crippen molar-refractivity contribution in [3.05, 3.63) is 42.0 Å². The van der Waals surface area contributed by atoms with Gasteiger partial charge >= 0.3 is 0 Å². The molecule has 3 atom stereocenters. The summed E-state index contributed by atoms with van der Waals surface area (Å²) in [5, 5.41) is 0. The third-order valence-corrected chi connectivity index (χ3v) is 7.81. The summed E-state index contributed by atoms with van der Waals surface area (Å²) in [7, 11) is -3.34. The van der Waals surface area contributed by atoms with Crippen molar-refractivity contribution in [2.75, 3.05) is 32.7 Å². The van der Waals surface area contributed by atoms with Gasteiger partial charge in [0.1, 0.15) is 0 Å². The third-order valence-electron chi connectivity index (χ3n) is 5.90. The lowest BCUT2D eigenvalue weighted by Gasteiger charge is -2.36. The highest BCUT2D eigenvalue weighted by Gasteiger charge is 2.37. The Balaban J connectivity index is 1.35. The van der Waals surface area contributed by atoms with E-state index in [1.54, 1.807) is 16.4 Å². The standard InChI is InChI=1S/C19H26N2O2S/c1-15-2-6-19(7-3-15)24(22,23)21-10-8-20(9-11-21)14-18-13-16-4-5-17(18)12-16/h2-7,16-18H,8-14H2,1H3/t16-,17-,18+/m0/s1. The largest absolute Gasteiger partial charge is 0.300 e. The minimum atomic E-state index is -3.34. The number of allylic oxidation sites excluding steroid dienone is 2. The second-order valence-electron chi connectivity index (χ2n) is 7.56. The Labute approximate surface area is 145 Å². The van der Waals surface area contributed by atoms with Gasteiger partial charge in [0.15, 0.2) is 0 Å². The molecular weight excluding hydrogens is 320 g/mol. The van der Waals surface area contributed by atoms with Crippen LogP contribution in [0.1, 0.15) is 18.4 Å². The molecule has 0 amide bonds. The molecule has 2 bridgehead atoms. The quantitative estimate of drug-likeness (QED) is 0.787. The van der Waals surface area contributed by atoms with Gasteiger partial charge in [-0.1, -0.05) is 29.8 Å². The molecule has 1 aromatic rings. The van der Waals surface area contributed by atoms with E-state index < -0.39 is 10.0 Å². The number of piperazine rings is 1. The molecule has 4 nitrogen and oxygen atoms in total. The van der Waals surface area contributed by atoms with Gasteiger partial charge in [0, 0.05) is 32.7 Å². The Bertz CT molecular complexity index is 718. The van der Waals surface area contributed by atoms with Crippen LogP contribution in [0.25, 0.3) is 0 Å². The van der Waals surface area contributed by atoms with Gasteiger partial charge in [-0.25, -0.2) is 8.42 Å². The van der Waals surface area contributed by atoms with Gasteiger partial charge in [-0.2, -0.15) is 4.31 Å². The van der Waals surface area contributed by atoms with Gasteiger partial charge < -0.3 is 4.90 Å². The fraction of sp³-hybridized carbons (Fsp3) is 0.579. The van der Waals surface area contributed by atoms with Crippen molar-refractivity contribution >= 4 is 10.0 Å². The van der Waals surface area contributed by atoms with Crippen molar-refractivity contribution in [1.29, 1.82) is 0 Å². The van der Waals surface area contributed by atoms with Gasteiger partial charge in [0.2, 0.25) is 10.0 Å². The predicted octanol–water partition coefficient (Wildman–Crippen LogP) is 2.51. The van der Waals surface area contributed by atoms with E-state index in [0.717, 1.165) is 43.0 Å². The topological polar surface area (TPSA) is 40.6 Å². The van der Waals surface area contributed by atoms with Crippen molar-refractivity contribution < 1.29 is 8.42 Å². The molecule has 1 saturated carbocycles. The smallest absolute Gasteiger partial charge is 0.243 e. The summed E-state index contributed by atoms with van der Waals surface area (Å²) in [5.74, 6) is 2.35. The number of fused-ring (bicyclic) bond motifs is 2. The molecule has 0 unspecified atom stereocenters. The number of rotatable bonds is 4. The second kappa shape index (κ2) is 6.28. The fourth-order valence-corrected chi connectivity index (χ4v) is 5.87. The van der Waals surface area contributed by atoms with E-state index in [-0.39, 0.29) is 0 Å². The second-order valence-corrected chi connectivity index (χ2v) is 9.50. The van der Waals surface area contributed by atoms with E-state index in [9.17, 15) is 8.42 Å². The molecule has 1 heterocycles. The monoisotopic (exact) mass is 346 g/mol. The Morgan fingerprint density at radius 1 is 1.00 bits per heavy atom. The van der Waals surface area contributed by atoms with Crippen LogP contribution in [0.4, 0.5) is 0 Å². The molecule has 5 heteroatoms. The number of hydrogen-bond donors (Lipinski definition) is 0. The molecule has 0 N–H and O–H groups in total. The molecule has 2 fully saturated rings. The van der Waals surface area contributed by atoms with Crippen LogP contribution in [0, 0.1) is 24.7 Å². The Kier molecular flexibility index (Phi) is 4.27. The molecule has 1 aromatic carbocycles. The maximum atomic E-state index is 12.8. The number of aryl methyl sites for hydroxylation is 1. The third kappa shape index (κ3) is 3.05. The van der Waals surface area contributed by atoms with Crippen LogP contribution in [0.5, 0.6) is 0 Å². The maximum Gasteiger partial charge on any atom is 0.243 e. The van der Waals surface area contributed by atoms with Crippen molar-refractivity contribution in [2.24, 2.45) is 17.8 Å². The van der Waals surface area contributed by atoms with Crippen LogP contribution in [0.3, 0.4) is 0 Å². The van der Waals surface area contributed by atoms with Crippen LogP contribution in [-0.4, -0.2) is 50.3 Å². The molecule has 1 saturated heterocycles. The molecule has 2 aliphatic carbocycles. The highest BCUT2D eigenvalue weighted by molar-refractivity contribution is 7.89. The summed E-state index contributed by atoms with van der Waals surface area (Å²) >= 11 is 0. The van der Waals surface area contributed by atoms with E-state index >= 15 is 0 Å². The van der Waals surface area contributed by atoms with E-state index in [1.807, 2.05) is 19.1 Å². The summed E-state index contributed by atoms with van der Waals surface area (Å²) in [6.45, 7) is 6.01. The molecule has 0 aromatic heterocycles. The summed E-state index contributed by atoms with van der Waals surface area (Å²) in [6, 6.07) is 7.18. The highest BCUT2D eigenvalue weighted by Crippen LogP contribution is 2.43. The van der Waals surface area contributed by atoms with Crippen LogP contribution in [-0.2, 0) is 10.0 Å². The fourth-order valence-electron chi connectivity index (χ4n) is 4.45. The van der Waals surface area contributed by atoms with Crippen molar-refractivity contribution in [3.63, 3.8) is 0 Å². The van der Waals surface area contributed by atoms with E-state index in [0.29, 0.717) is 18.0 Å². The maximum absolute atomic E-state index is 12.8. The first-order valence-corrected chi connectivity index (χ1v) is 10.4. The summed E-state index contributed by atoms with van der Waals surface area (Å²) in [5.41, 5.74) is 1.08. The Morgan fingerprint density at radius 3 is 2.29 bits per heavy atom.